The van der Waals surface area contributed by atoms with Crippen molar-refractivity contribution in [2.75, 3.05) is 6.54 Å². The van der Waals surface area contributed by atoms with Crippen LogP contribution in [0.4, 0.5) is 4.39 Å². The van der Waals surface area contributed by atoms with Crippen LogP contribution in [0, 0.1) is 12.3 Å². The standard InChI is InChI=1S/C14H22FN/c1-11-7-5-6-8-12(11)9-14(15,10-16)13(2,3)4/h5-8H,9-10,16H2,1-4H3. The lowest BCUT2D eigenvalue weighted by atomic mass is 9.74. The van der Waals surface area contributed by atoms with Crippen LogP contribution in [0.1, 0.15) is 31.9 Å². The molecule has 1 aromatic rings. The smallest absolute Gasteiger partial charge is 0.132 e. The fourth-order valence-corrected chi connectivity index (χ4v) is 1.75. The minimum atomic E-state index is -1.35. The van der Waals surface area contributed by atoms with Gasteiger partial charge in [0.25, 0.3) is 0 Å². The molecule has 1 aromatic carbocycles. The molecule has 0 radical (unpaired) electrons. The Kier molecular flexibility index (Phi) is 3.74. The summed E-state index contributed by atoms with van der Waals surface area (Å²) >= 11 is 0. The molecule has 0 aliphatic carbocycles. The first kappa shape index (κ1) is 13.2. The van der Waals surface area contributed by atoms with E-state index in [2.05, 4.69) is 0 Å². The van der Waals surface area contributed by atoms with Crippen LogP contribution >= 0.6 is 0 Å². The van der Waals surface area contributed by atoms with Crippen LogP contribution in [0.15, 0.2) is 24.3 Å². The zero-order chi connectivity index (χ0) is 12.4. The molecule has 0 aliphatic heterocycles. The molecule has 90 valence electrons. The Hall–Kier alpha value is -0.890. The molecular weight excluding hydrogens is 201 g/mol. The minimum Gasteiger partial charge on any atom is -0.327 e. The molecular formula is C14H22FN. The van der Waals surface area contributed by atoms with Crippen molar-refractivity contribution in [1.82, 2.24) is 0 Å². The molecule has 0 amide bonds. The van der Waals surface area contributed by atoms with Crippen LogP contribution in [0.2, 0.25) is 0 Å². The van der Waals surface area contributed by atoms with Gasteiger partial charge >= 0.3 is 0 Å². The van der Waals surface area contributed by atoms with Gasteiger partial charge in [-0.05, 0) is 23.5 Å². The van der Waals surface area contributed by atoms with Gasteiger partial charge in [0.1, 0.15) is 5.67 Å². The third-order valence-corrected chi connectivity index (χ3v) is 3.40. The number of aryl methyl sites for hydroxylation is 1. The summed E-state index contributed by atoms with van der Waals surface area (Å²) in [5, 5.41) is 0. The van der Waals surface area contributed by atoms with Crippen molar-refractivity contribution in [2.24, 2.45) is 11.1 Å². The summed E-state index contributed by atoms with van der Waals surface area (Å²) in [5.41, 5.74) is 6.00. The molecule has 0 bridgehead atoms. The lowest BCUT2D eigenvalue weighted by Gasteiger charge is -2.37. The second-order valence-corrected chi connectivity index (χ2v) is 5.52. The van der Waals surface area contributed by atoms with Crippen molar-refractivity contribution in [3.8, 4) is 0 Å². The van der Waals surface area contributed by atoms with E-state index in [9.17, 15) is 4.39 Å². The highest BCUT2D eigenvalue weighted by molar-refractivity contribution is 5.27. The van der Waals surface area contributed by atoms with Crippen LogP contribution in [-0.2, 0) is 6.42 Å². The van der Waals surface area contributed by atoms with Crippen LogP contribution in [0.25, 0.3) is 0 Å². The molecule has 0 aliphatic rings. The second kappa shape index (κ2) is 4.54. The minimum absolute atomic E-state index is 0.0604. The van der Waals surface area contributed by atoms with Crippen molar-refractivity contribution in [2.45, 2.75) is 39.8 Å². The summed E-state index contributed by atoms with van der Waals surface area (Å²) in [6.45, 7) is 7.77. The molecule has 0 spiro atoms. The maximum Gasteiger partial charge on any atom is 0.132 e. The van der Waals surface area contributed by atoms with Crippen molar-refractivity contribution < 1.29 is 4.39 Å². The summed E-state index contributed by atoms with van der Waals surface area (Å²) in [6.07, 6.45) is 0.389. The Labute approximate surface area is 97.9 Å². The lowest BCUT2D eigenvalue weighted by molar-refractivity contribution is 0.0381. The fraction of sp³-hybridized carbons (Fsp3) is 0.571. The van der Waals surface area contributed by atoms with E-state index in [0.717, 1.165) is 11.1 Å². The molecule has 1 atom stereocenters. The van der Waals surface area contributed by atoms with E-state index in [1.54, 1.807) is 0 Å². The number of nitrogens with two attached hydrogens (primary N) is 1. The Bertz CT molecular complexity index is 354. The van der Waals surface area contributed by atoms with Gasteiger partial charge in [-0.25, -0.2) is 4.39 Å². The molecule has 2 heteroatoms. The summed E-state index contributed by atoms with van der Waals surface area (Å²) in [5.74, 6) is 0. The van der Waals surface area contributed by atoms with Gasteiger partial charge in [0.05, 0.1) is 0 Å². The normalized spacial score (nSPS) is 15.9. The predicted octanol–water partition coefficient (Wildman–Crippen LogP) is 3.25. The summed E-state index contributed by atoms with van der Waals surface area (Å²) in [4.78, 5) is 0. The first-order valence-corrected chi connectivity index (χ1v) is 5.74. The van der Waals surface area contributed by atoms with E-state index in [-0.39, 0.29) is 6.54 Å². The first-order chi connectivity index (χ1) is 7.30. The van der Waals surface area contributed by atoms with Gasteiger partial charge < -0.3 is 5.73 Å². The molecule has 1 unspecified atom stereocenters. The monoisotopic (exact) mass is 223 g/mol. The zero-order valence-electron chi connectivity index (χ0n) is 10.7. The largest absolute Gasteiger partial charge is 0.327 e. The molecule has 0 aromatic heterocycles. The maximum absolute atomic E-state index is 14.8. The Morgan fingerprint density at radius 2 is 1.75 bits per heavy atom. The summed E-state index contributed by atoms with van der Waals surface area (Å²) in [6, 6.07) is 7.90. The van der Waals surface area contributed by atoms with E-state index in [4.69, 9.17) is 5.73 Å². The van der Waals surface area contributed by atoms with E-state index < -0.39 is 11.1 Å². The Balaban J connectivity index is 2.99. The molecule has 1 nitrogen and oxygen atoms in total. The number of benzene rings is 1. The number of alkyl halides is 1. The average molecular weight is 223 g/mol. The zero-order valence-corrected chi connectivity index (χ0v) is 10.7. The molecule has 2 N–H and O–H groups in total. The van der Waals surface area contributed by atoms with Crippen molar-refractivity contribution in [3.05, 3.63) is 35.4 Å². The van der Waals surface area contributed by atoms with Crippen molar-refractivity contribution in [1.29, 1.82) is 0 Å². The van der Waals surface area contributed by atoms with Crippen LogP contribution in [0.5, 0.6) is 0 Å². The topological polar surface area (TPSA) is 26.0 Å². The van der Waals surface area contributed by atoms with E-state index >= 15 is 0 Å². The van der Waals surface area contributed by atoms with Crippen LogP contribution in [0.3, 0.4) is 0 Å². The Morgan fingerprint density at radius 3 is 2.19 bits per heavy atom. The van der Waals surface area contributed by atoms with Gasteiger partial charge in [-0.1, -0.05) is 45.0 Å². The molecule has 16 heavy (non-hydrogen) atoms. The van der Waals surface area contributed by atoms with Gasteiger partial charge in [-0.15, -0.1) is 0 Å². The Morgan fingerprint density at radius 1 is 1.19 bits per heavy atom. The fourth-order valence-electron chi connectivity index (χ4n) is 1.75. The van der Waals surface area contributed by atoms with Gasteiger partial charge in [-0.2, -0.15) is 0 Å². The lowest BCUT2D eigenvalue weighted by Crippen LogP contribution is -2.47. The molecule has 0 saturated carbocycles. The number of rotatable bonds is 3. The number of halogens is 1. The molecule has 0 fully saturated rings. The molecule has 1 rings (SSSR count). The maximum atomic E-state index is 14.8. The highest BCUT2D eigenvalue weighted by Crippen LogP contribution is 2.36. The van der Waals surface area contributed by atoms with Gasteiger partial charge in [0.15, 0.2) is 0 Å². The number of hydrogen-bond donors (Lipinski definition) is 1. The first-order valence-electron chi connectivity index (χ1n) is 5.74. The van der Waals surface area contributed by atoms with Crippen molar-refractivity contribution >= 4 is 0 Å². The molecule has 0 saturated heterocycles. The van der Waals surface area contributed by atoms with Crippen LogP contribution < -0.4 is 5.73 Å². The van der Waals surface area contributed by atoms with Crippen molar-refractivity contribution in [3.63, 3.8) is 0 Å². The third-order valence-electron chi connectivity index (χ3n) is 3.40. The predicted molar refractivity (Wildman–Crippen MR) is 67.2 cm³/mol. The molecule has 0 heterocycles. The van der Waals surface area contributed by atoms with E-state index in [0.29, 0.717) is 6.42 Å². The highest BCUT2D eigenvalue weighted by atomic mass is 19.1. The second-order valence-electron chi connectivity index (χ2n) is 5.52. The summed E-state index contributed by atoms with van der Waals surface area (Å²) < 4.78 is 14.8. The highest BCUT2D eigenvalue weighted by Gasteiger charge is 2.41. The van der Waals surface area contributed by atoms with E-state index in [1.807, 2.05) is 52.0 Å². The quantitative estimate of drug-likeness (QED) is 0.836. The van der Waals surface area contributed by atoms with E-state index in [1.165, 1.54) is 0 Å². The average Bonchev–Trinajstić information content (AvgIpc) is 2.19. The third kappa shape index (κ3) is 2.62. The van der Waals surface area contributed by atoms with Gasteiger partial charge in [0.2, 0.25) is 0 Å². The SMILES string of the molecule is Cc1ccccc1CC(F)(CN)C(C)(C)C. The summed E-state index contributed by atoms with van der Waals surface area (Å²) in [7, 11) is 0. The van der Waals surface area contributed by atoms with Crippen LogP contribution in [-0.4, -0.2) is 12.2 Å². The van der Waals surface area contributed by atoms with Gasteiger partial charge in [0, 0.05) is 13.0 Å². The number of hydrogen-bond acceptors (Lipinski definition) is 1. The van der Waals surface area contributed by atoms with Gasteiger partial charge in [-0.3, -0.25) is 0 Å².